The van der Waals surface area contributed by atoms with Crippen molar-refractivity contribution < 1.29 is 9.59 Å². The summed E-state index contributed by atoms with van der Waals surface area (Å²) in [6.45, 7) is 3.89. The van der Waals surface area contributed by atoms with Crippen LogP contribution in [0.1, 0.15) is 41.3 Å². The molecule has 6 nitrogen and oxygen atoms in total. The van der Waals surface area contributed by atoms with Crippen molar-refractivity contribution in [3.63, 3.8) is 0 Å². The first-order chi connectivity index (χ1) is 12.9. The molecular formula is C19H19ClN4O2S. The molecule has 0 aliphatic heterocycles. The average Bonchev–Trinajstić information content (AvgIpc) is 3.36. The van der Waals surface area contributed by atoms with Crippen LogP contribution in [0.2, 0.25) is 5.02 Å². The molecule has 27 heavy (non-hydrogen) atoms. The van der Waals surface area contributed by atoms with Crippen molar-refractivity contribution in [3.8, 4) is 0 Å². The largest absolute Gasteiger partial charge is 0.359 e. The Bertz CT molecular complexity index is 941. The molecule has 0 aliphatic rings. The van der Waals surface area contributed by atoms with E-state index in [9.17, 15) is 9.59 Å². The summed E-state index contributed by atoms with van der Waals surface area (Å²) in [5.74, 6) is -0.254. The number of hydrogen-bond donors (Lipinski definition) is 3. The number of carbonyl (C=O) groups excluding carboxylic acids is 2. The summed E-state index contributed by atoms with van der Waals surface area (Å²) < 4.78 is 0. The molecule has 0 saturated heterocycles. The summed E-state index contributed by atoms with van der Waals surface area (Å²) in [4.78, 5) is 32.5. The van der Waals surface area contributed by atoms with Crippen LogP contribution in [-0.4, -0.2) is 21.8 Å². The van der Waals surface area contributed by atoms with E-state index in [-0.39, 0.29) is 5.78 Å². The predicted molar refractivity (Wildman–Crippen MR) is 108 cm³/mol. The lowest BCUT2D eigenvalue weighted by Crippen LogP contribution is -2.45. The highest BCUT2D eigenvalue weighted by Gasteiger charge is 2.29. The van der Waals surface area contributed by atoms with E-state index in [1.54, 1.807) is 42.7 Å². The van der Waals surface area contributed by atoms with E-state index in [1.807, 2.05) is 19.2 Å². The summed E-state index contributed by atoms with van der Waals surface area (Å²) in [6.07, 6.45) is 4.04. The van der Waals surface area contributed by atoms with Crippen molar-refractivity contribution >= 4 is 40.4 Å². The van der Waals surface area contributed by atoms with Gasteiger partial charge in [0.05, 0.1) is 16.9 Å². The molecule has 0 fully saturated rings. The smallest absolute Gasteiger partial charge is 0.320 e. The zero-order chi connectivity index (χ0) is 19.4. The quantitative estimate of drug-likeness (QED) is 0.517. The maximum atomic E-state index is 12.7. The fourth-order valence-electron chi connectivity index (χ4n) is 2.62. The fourth-order valence-corrected chi connectivity index (χ4v) is 3.62. The second kappa shape index (κ2) is 7.94. The second-order valence-corrected chi connectivity index (χ2v) is 7.54. The summed E-state index contributed by atoms with van der Waals surface area (Å²) >= 11 is 7.54. The highest BCUT2D eigenvalue weighted by atomic mass is 35.5. The number of rotatable bonds is 6. The topological polar surface area (TPSA) is 86.9 Å². The molecule has 0 bridgehead atoms. The SMILES string of the molecule is CCC(C)(NC(=O)Nc1ccc(Cl)cc1C(=O)c1ccc[nH]1)c1nccs1. The van der Waals surface area contributed by atoms with Gasteiger partial charge in [-0.05, 0) is 43.7 Å². The van der Waals surface area contributed by atoms with Gasteiger partial charge in [-0.3, -0.25) is 4.79 Å². The lowest BCUT2D eigenvalue weighted by atomic mass is 10.0. The Hall–Kier alpha value is -2.64. The molecule has 3 N–H and O–H groups in total. The molecule has 0 spiro atoms. The Kier molecular flexibility index (Phi) is 5.62. The van der Waals surface area contributed by atoms with E-state index in [4.69, 9.17) is 11.6 Å². The third-order valence-electron chi connectivity index (χ3n) is 4.32. The van der Waals surface area contributed by atoms with E-state index in [1.165, 1.54) is 11.3 Å². The molecule has 3 aromatic rings. The number of H-pyrrole nitrogens is 1. The number of carbonyl (C=O) groups is 2. The predicted octanol–water partition coefficient (Wildman–Crippen LogP) is 4.80. The molecule has 1 aromatic carbocycles. The van der Waals surface area contributed by atoms with Gasteiger partial charge in [0, 0.05) is 28.4 Å². The van der Waals surface area contributed by atoms with Gasteiger partial charge in [-0.1, -0.05) is 18.5 Å². The van der Waals surface area contributed by atoms with Gasteiger partial charge in [-0.25, -0.2) is 9.78 Å². The van der Waals surface area contributed by atoms with Gasteiger partial charge in [0.25, 0.3) is 0 Å². The van der Waals surface area contributed by atoms with Crippen LogP contribution in [0.3, 0.4) is 0 Å². The van der Waals surface area contributed by atoms with E-state index < -0.39 is 11.6 Å². The van der Waals surface area contributed by atoms with Crippen molar-refractivity contribution in [2.45, 2.75) is 25.8 Å². The molecule has 140 valence electrons. The van der Waals surface area contributed by atoms with E-state index in [2.05, 4.69) is 20.6 Å². The van der Waals surface area contributed by atoms with Crippen molar-refractivity contribution in [2.75, 3.05) is 5.32 Å². The van der Waals surface area contributed by atoms with Gasteiger partial charge >= 0.3 is 6.03 Å². The highest BCUT2D eigenvalue weighted by Crippen LogP contribution is 2.27. The standard InChI is InChI=1S/C19H19ClN4O2S/c1-3-19(2,17-22-9-10-27-17)24-18(26)23-14-7-6-12(20)11-13(14)16(25)15-5-4-8-21-15/h4-11,21H,3H2,1-2H3,(H2,23,24,26). The van der Waals surface area contributed by atoms with Crippen molar-refractivity contribution in [2.24, 2.45) is 0 Å². The first-order valence-corrected chi connectivity index (χ1v) is 9.65. The van der Waals surface area contributed by atoms with Crippen LogP contribution >= 0.6 is 22.9 Å². The van der Waals surface area contributed by atoms with Crippen LogP contribution < -0.4 is 10.6 Å². The zero-order valence-corrected chi connectivity index (χ0v) is 16.4. The number of thiazole rings is 1. The molecule has 0 aliphatic carbocycles. The normalized spacial score (nSPS) is 13.0. The van der Waals surface area contributed by atoms with Crippen LogP contribution in [0.25, 0.3) is 0 Å². The molecule has 8 heteroatoms. The number of urea groups is 1. The van der Waals surface area contributed by atoms with Crippen LogP contribution in [-0.2, 0) is 5.54 Å². The Balaban J connectivity index is 1.83. The van der Waals surface area contributed by atoms with E-state index in [0.29, 0.717) is 28.4 Å². The zero-order valence-electron chi connectivity index (χ0n) is 14.9. The van der Waals surface area contributed by atoms with Crippen molar-refractivity contribution in [3.05, 3.63) is 69.4 Å². The molecule has 1 atom stereocenters. The maximum Gasteiger partial charge on any atom is 0.320 e. The number of ketones is 1. The van der Waals surface area contributed by atoms with E-state index in [0.717, 1.165) is 5.01 Å². The minimum absolute atomic E-state index is 0.254. The van der Waals surface area contributed by atoms with Crippen molar-refractivity contribution in [1.29, 1.82) is 0 Å². The summed E-state index contributed by atoms with van der Waals surface area (Å²) in [5.41, 5.74) is 0.512. The Morgan fingerprint density at radius 1 is 1.33 bits per heavy atom. The molecule has 0 radical (unpaired) electrons. The second-order valence-electron chi connectivity index (χ2n) is 6.20. The Labute approximate surface area is 166 Å². The molecule has 3 rings (SSSR count). The number of amides is 2. The molecule has 2 heterocycles. The van der Waals surface area contributed by atoms with Crippen LogP contribution in [0.15, 0.2) is 48.1 Å². The third-order valence-corrected chi connectivity index (χ3v) is 5.59. The average molecular weight is 403 g/mol. The molecule has 2 aromatic heterocycles. The number of aromatic amines is 1. The summed E-state index contributed by atoms with van der Waals surface area (Å²) in [7, 11) is 0. The first kappa shape index (κ1) is 19.1. The highest BCUT2D eigenvalue weighted by molar-refractivity contribution is 7.09. The van der Waals surface area contributed by atoms with Gasteiger partial charge in [0.1, 0.15) is 5.01 Å². The third kappa shape index (κ3) is 4.20. The van der Waals surface area contributed by atoms with Gasteiger partial charge in [0.2, 0.25) is 5.78 Å². The maximum absolute atomic E-state index is 12.7. The minimum Gasteiger partial charge on any atom is -0.359 e. The van der Waals surface area contributed by atoms with Gasteiger partial charge in [-0.2, -0.15) is 0 Å². The van der Waals surface area contributed by atoms with Gasteiger partial charge in [-0.15, -0.1) is 11.3 Å². The molecule has 2 amide bonds. The van der Waals surface area contributed by atoms with Gasteiger partial charge in [0.15, 0.2) is 0 Å². The number of nitrogens with one attached hydrogen (secondary N) is 3. The summed E-state index contributed by atoms with van der Waals surface area (Å²) in [5, 5.41) is 8.82. The van der Waals surface area contributed by atoms with E-state index >= 15 is 0 Å². The first-order valence-electron chi connectivity index (χ1n) is 8.39. The fraction of sp³-hybridized carbons (Fsp3) is 0.211. The number of aromatic nitrogens is 2. The number of benzene rings is 1. The number of anilines is 1. The van der Waals surface area contributed by atoms with Crippen LogP contribution in [0.5, 0.6) is 0 Å². The molecule has 0 saturated carbocycles. The van der Waals surface area contributed by atoms with Gasteiger partial charge < -0.3 is 15.6 Å². The molecule has 1 unspecified atom stereocenters. The lowest BCUT2D eigenvalue weighted by Gasteiger charge is -2.27. The minimum atomic E-state index is -0.603. The number of halogens is 1. The lowest BCUT2D eigenvalue weighted by molar-refractivity contribution is 0.103. The Morgan fingerprint density at radius 2 is 2.15 bits per heavy atom. The van der Waals surface area contributed by atoms with Crippen LogP contribution in [0, 0.1) is 0 Å². The monoisotopic (exact) mass is 402 g/mol. The number of hydrogen-bond acceptors (Lipinski definition) is 4. The van der Waals surface area contributed by atoms with Crippen molar-refractivity contribution in [1.82, 2.24) is 15.3 Å². The Morgan fingerprint density at radius 3 is 2.78 bits per heavy atom. The molecular weight excluding hydrogens is 384 g/mol. The number of nitrogens with zero attached hydrogens (tertiary/aromatic N) is 1. The van der Waals surface area contributed by atoms with Crippen LogP contribution in [0.4, 0.5) is 10.5 Å². The summed E-state index contributed by atoms with van der Waals surface area (Å²) in [6, 6.07) is 7.77.